The van der Waals surface area contributed by atoms with Crippen molar-refractivity contribution in [2.45, 2.75) is 18.9 Å². The first kappa shape index (κ1) is 10.9. The van der Waals surface area contributed by atoms with E-state index in [-0.39, 0.29) is 12.0 Å². The molecule has 1 aliphatic rings. The zero-order chi connectivity index (χ0) is 10.8. The van der Waals surface area contributed by atoms with Crippen LogP contribution in [0.15, 0.2) is 12.1 Å². The van der Waals surface area contributed by atoms with Crippen LogP contribution in [0.1, 0.15) is 22.5 Å². The highest BCUT2D eigenvalue weighted by atomic mass is 35.5. The third kappa shape index (κ3) is 2.71. The van der Waals surface area contributed by atoms with Crippen LogP contribution < -0.4 is 5.32 Å². The van der Waals surface area contributed by atoms with E-state index >= 15 is 0 Å². The van der Waals surface area contributed by atoms with Gasteiger partial charge in [0.1, 0.15) is 0 Å². The molecule has 0 atom stereocenters. The van der Waals surface area contributed by atoms with Gasteiger partial charge in [0.2, 0.25) is 0 Å². The minimum atomic E-state index is -0.164. The highest BCUT2D eigenvalue weighted by Gasteiger charge is 2.27. The number of hydrogen-bond acceptors (Lipinski definition) is 3. The molecule has 3 nitrogen and oxygen atoms in total. The molecular weight excluding hydrogens is 234 g/mol. The Kier molecular flexibility index (Phi) is 3.29. The van der Waals surface area contributed by atoms with Crippen LogP contribution in [0, 0.1) is 5.92 Å². The summed E-state index contributed by atoms with van der Waals surface area (Å²) in [6.45, 7) is 0.644. The van der Waals surface area contributed by atoms with Crippen molar-refractivity contribution in [3.05, 3.63) is 21.3 Å². The molecule has 5 heteroatoms. The fourth-order valence-electron chi connectivity index (χ4n) is 1.63. The number of aliphatic hydroxyl groups excluding tert-OH is 1. The molecule has 0 unspecified atom stereocenters. The monoisotopic (exact) mass is 245 g/mol. The molecule has 0 aromatic carbocycles. The smallest absolute Gasteiger partial charge is 0.261 e. The number of rotatable bonds is 3. The molecule has 0 spiro atoms. The lowest BCUT2D eigenvalue weighted by Crippen LogP contribution is -2.38. The summed E-state index contributed by atoms with van der Waals surface area (Å²) in [7, 11) is 0. The molecule has 1 aromatic rings. The number of thiophene rings is 1. The minimum Gasteiger partial charge on any atom is -0.393 e. The Bertz CT molecular complexity index is 360. The average Bonchev–Trinajstić information content (AvgIpc) is 2.57. The van der Waals surface area contributed by atoms with Crippen LogP contribution in [0.2, 0.25) is 4.34 Å². The van der Waals surface area contributed by atoms with E-state index in [4.69, 9.17) is 16.7 Å². The van der Waals surface area contributed by atoms with Crippen molar-refractivity contribution in [3.63, 3.8) is 0 Å². The summed E-state index contributed by atoms with van der Waals surface area (Å²) in [5, 5.41) is 11.9. The van der Waals surface area contributed by atoms with Crippen LogP contribution in [-0.2, 0) is 0 Å². The molecular formula is C10H12ClNO2S. The molecule has 1 aromatic heterocycles. The molecule has 1 fully saturated rings. The molecule has 0 aliphatic heterocycles. The van der Waals surface area contributed by atoms with Crippen LogP contribution in [-0.4, -0.2) is 23.7 Å². The summed E-state index contributed by atoms with van der Waals surface area (Å²) in [5.74, 6) is 0.354. The molecule has 1 saturated carbocycles. The summed E-state index contributed by atoms with van der Waals surface area (Å²) in [6.07, 6.45) is 1.43. The Hall–Kier alpha value is -0.580. The fourth-order valence-corrected chi connectivity index (χ4v) is 2.59. The van der Waals surface area contributed by atoms with Gasteiger partial charge in [-0.3, -0.25) is 4.79 Å². The molecule has 1 amide bonds. The van der Waals surface area contributed by atoms with Crippen LogP contribution in [0.4, 0.5) is 0 Å². The lowest BCUT2D eigenvalue weighted by molar-refractivity contribution is 0.0420. The van der Waals surface area contributed by atoms with E-state index < -0.39 is 0 Å². The highest BCUT2D eigenvalue weighted by Crippen LogP contribution is 2.26. The van der Waals surface area contributed by atoms with Gasteiger partial charge in [-0.05, 0) is 30.9 Å². The summed E-state index contributed by atoms with van der Waals surface area (Å²) in [5.41, 5.74) is 0. The fraction of sp³-hybridized carbons (Fsp3) is 0.500. The highest BCUT2D eigenvalue weighted by molar-refractivity contribution is 7.17. The van der Waals surface area contributed by atoms with Gasteiger partial charge in [0.15, 0.2) is 0 Å². The summed E-state index contributed by atoms with van der Waals surface area (Å²) in [4.78, 5) is 12.2. The first-order valence-corrected chi connectivity index (χ1v) is 6.06. The van der Waals surface area contributed by atoms with Gasteiger partial charge in [-0.2, -0.15) is 0 Å². The van der Waals surface area contributed by atoms with E-state index in [9.17, 15) is 4.79 Å². The third-order valence-corrected chi connectivity index (χ3v) is 3.79. The second kappa shape index (κ2) is 4.51. The van der Waals surface area contributed by atoms with Crippen LogP contribution in [0.5, 0.6) is 0 Å². The Labute approximate surface area is 97.1 Å². The number of aliphatic hydroxyl groups is 1. The summed E-state index contributed by atoms with van der Waals surface area (Å²) < 4.78 is 0.624. The Balaban J connectivity index is 1.78. The van der Waals surface area contributed by atoms with Crippen LogP contribution >= 0.6 is 22.9 Å². The molecule has 0 radical (unpaired) electrons. The third-order valence-electron chi connectivity index (χ3n) is 2.56. The van der Waals surface area contributed by atoms with Crippen molar-refractivity contribution in [2.24, 2.45) is 5.92 Å². The van der Waals surface area contributed by atoms with E-state index in [0.717, 1.165) is 12.8 Å². The van der Waals surface area contributed by atoms with Crippen molar-refractivity contribution < 1.29 is 9.90 Å². The molecule has 2 rings (SSSR count). The standard InChI is InChI=1S/C10H12ClNO2S/c11-9-2-1-8(15-9)10(14)12-5-6-3-7(13)4-6/h1-2,6-7,13H,3-5H2,(H,12,14). The van der Waals surface area contributed by atoms with Gasteiger partial charge >= 0.3 is 0 Å². The van der Waals surface area contributed by atoms with Crippen LogP contribution in [0.25, 0.3) is 0 Å². The maximum Gasteiger partial charge on any atom is 0.261 e. The number of nitrogens with one attached hydrogen (secondary N) is 1. The first-order chi connectivity index (χ1) is 7.15. The van der Waals surface area contributed by atoms with Crippen molar-refractivity contribution in [1.82, 2.24) is 5.32 Å². The predicted octanol–water partition coefficient (Wildman–Crippen LogP) is 1.90. The van der Waals surface area contributed by atoms with Crippen molar-refractivity contribution in [1.29, 1.82) is 0 Å². The van der Waals surface area contributed by atoms with Gasteiger partial charge in [-0.25, -0.2) is 0 Å². The van der Waals surface area contributed by atoms with Gasteiger partial charge in [0.05, 0.1) is 15.3 Å². The van der Waals surface area contributed by atoms with E-state index in [1.54, 1.807) is 12.1 Å². The SMILES string of the molecule is O=C(NCC1CC(O)C1)c1ccc(Cl)s1. The van der Waals surface area contributed by atoms with Crippen molar-refractivity contribution >= 4 is 28.8 Å². The summed E-state index contributed by atoms with van der Waals surface area (Å²) in [6, 6.07) is 3.44. The molecule has 15 heavy (non-hydrogen) atoms. The minimum absolute atomic E-state index is 0.0757. The predicted molar refractivity (Wildman–Crippen MR) is 60.4 cm³/mol. The Morgan fingerprint density at radius 2 is 2.33 bits per heavy atom. The first-order valence-electron chi connectivity index (χ1n) is 4.87. The lowest BCUT2D eigenvalue weighted by atomic mass is 9.82. The number of carbonyl (C=O) groups is 1. The molecule has 0 bridgehead atoms. The maximum atomic E-state index is 11.6. The molecule has 0 saturated heterocycles. The van der Waals surface area contributed by atoms with E-state index in [0.29, 0.717) is 21.7 Å². The van der Waals surface area contributed by atoms with Crippen LogP contribution in [0.3, 0.4) is 0 Å². The largest absolute Gasteiger partial charge is 0.393 e. The number of carbonyl (C=O) groups excluding carboxylic acids is 1. The molecule has 2 N–H and O–H groups in total. The number of halogens is 1. The Morgan fingerprint density at radius 3 is 2.87 bits per heavy atom. The maximum absolute atomic E-state index is 11.6. The molecule has 1 heterocycles. The normalized spacial score (nSPS) is 24.7. The van der Waals surface area contributed by atoms with E-state index in [2.05, 4.69) is 5.32 Å². The van der Waals surface area contributed by atoms with Gasteiger partial charge in [-0.1, -0.05) is 11.6 Å². The lowest BCUT2D eigenvalue weighted by Gasteiger charge is -2.31. The van der Waals surface area contributed by atoms with Gasteiger partial charge in [0.25, 0.3) is 5.91 Å². The second-order valence-corrected chi connectivity index (χ2v) is 5.52. The number of amides is 1. The molecule has 1 aliphatic carbocycles. The van der Waals surface area contributed by atoms with Crippen molar-refractivity contribution in [2.75, 3.05) is 6.54 Å². The Morgan fingerprint density at radius 1 is 1.60 bits per heavy atom. The van der Waals surface area contributed by atoms with Crippen molar-refractivity contribution in [3.8, 4) is 0 Å². The zero-order valence-corrected chi connectivity index (χ0v) is 9.64. The summed E-state index contributed by atoms with van der Waals surface area (Å²) >= 11 is 7.01. The number of hydrogen-bond donors (Lipinski definition) is 2. The molecule has 82 valence electrons. The van der Waals surface area contributed by atoms with E-state index in [1.807, 2.05) is 0 Å². The second-order valence-electron chi connectivity index (χ2n) is 3.81. The quantitative estimate of drug-likeness (QED) is 0.855. The zero-order valence-electron chi connectivity index (χ0n) is 8.07. The van der Waals surface area contributed by atoms with E-state index in [1.165, 1.54) is 11.3 Å². The topological polar surface area (TPSA) is 49.3 Å². The van der Waals surface area contributed by atoms with Gasteiger partial charge < -0.3 is 10.4 Å². The van der Waals surface area contributed by atoms with Gasteiger partial charge in [-0.15, -0.1) is 11.3 Å². The average molecular weight is 246 g/mol. The van der Waals surface area contributed by atoms with Gasteiger partial charge in [0, 0.05) is 6.54 Å².